The summed E-state index contributed by atoms with van der Waals surface area (Å²) in [5, 5.41) is 8.20. The first-order chi connectivity index (χ1) is 16.5. The molecule has 170 valence electrons. The zero-order valence-corrected chi connectivity index (χ0v) is 20.3. The molecule has 0 aliphatic rings. The largest absolute Gasteiger partial charge is 0.324 e. The van der Waals surface area contributed by atoms with Crippen LogP contribution < -0.4 is 10.9 Å². The minimum atomic E-state index is -0.702. The minimum Gasteiger partial charge on any atom is -0.324 e. The summed E-state index contributed by atoms with van der Waals surface area (Å²) in [5.41, 5.74) is 3.09. The molecule has 0 aliphatic heterocycles. The van der Waals surface area contributed by atoms with Crippen LogP contribution in [0.4, 0.5) is 5.69 Å². The highest BCUT2D eigenvalue weighted by molar-refractivity contribution is 7.17. The van der Waals surface area contributed by atoms with Gasteiger partial charge in [0.05, 0.1) is 11.7 Å². The lowest BCUT2D eigenvalue weighted by Crippen LogP contribution is -2.33. The number of hydrogen-bond donors (Lipinski definition) is 1. The van der Waals surface area contributed by atoms with Gasteiger partial charge in [-0.3, -0.25) is 14.2 Å². The SMILES string of the molecule is CCC(C(=O)Nc1cc(Cl)ccc1C)n1cnc2scc(-c3ccc4ccccc4c3)c2c1=O. The van der Waals surface area contributed by atoms with Crippen LogP contribution in [0.25, 0.3) is 32.1 Å². The maximum Gasteiger partial charge on any atom is 0.263 e. The maximum atomic E-state index is 13.7. The van der Waals surface area contributed by atoms with Crippen molar-refractivity contribution in [2.24, 2.45) is 0 Å². The van der Waals surface area contributed by atoms with Gasteiger partial charge in [-0.15, -0.1) is 11.3 Å². The molecule has 0 fully saturated rings. The Labute approximate surface area is 205 Å². The minimum absolute atomic E-state index is 0.223. The monoisotopic (exact) mass is 487 g/mol. The molecule has 0 saturated heterocycles. The number of anilines is 1. The summed E-state index contributed by atoms with van der Waals surface area (Å²) in [7, 11) is 0. The Balaban J connectivity index is 1.57. The van der Waals surface area contributed by atoms with E-state index in [4.69, 9.17) is 11.6 Å². The fraction of sp³-hybridized carbons (Fsp3) is 0.148. The van der Waals surface area contributed by atoms with Gasteiger partial charge < -0.3 is 5.32 Å². The lowest BCUT2D eigenvalue weighted by molar-refractivity contribution is -0.119. The highest BCUT2D eigenvalue weighted by atomic mass is 35.5. The van der Waals surface area contributed by atoms with Gasteiger partial charge in [0.1, 0.15) is 10.9 Å². The summed E-state index contributed by atoms with van der Waals surface area (Å²) in [6.45, 7) is 3.78. The predicted molar refractivity (Wildman–Crippen MR) is 141 cm³/mol. The first-order valence-corrected chi connectivity index (χ1v) is 12.3. The van der Waals surface area contributed by atoms with E-state index in [-0.39, 0.29) is 11.5 Å². The van der Waals surface area contributed by atoms with E-state index in [0.29, 0.717) is 27.3 Å². The fourth-order valence-corrected chi connectivity index (χ4v) is 5.27. The molecule has 2 aromatic heterocycles. The third kappa shape index (κ3) is 4.00. The Morgan fingerprint density at radius 1 is 1.12 bits per heavy atom. The number of carbonyl (C=O) groups excluding carboxylic acids is 1. The van der Waals surface area contributed by atoms with Crippen molar-refractivity contribution >= 4 is 55.5 Å². The van der Waals surface area contributed by atoms with Gasteiger partial charge in [-0.2, -0.15) is 0 Å². The number of carbonyl (C=O) groups is 1. The summed E-state index contributed by atoms with van der Waals surface area (Å²) in [6, 6.07) is 18.9. The number of nitrogens with zero attached hydrogens (tertiary/aromatic N) is 2. The second-order valence-electron chi connectivity index (χ2n) is 8.22. The maximum absolute atomic E-state index is 13.7. The smallest absolute Gasteiger partial charge is 0.263 e. The second-order valence-corrected chi connectivity index (χ2v) is 9.52. The highest BCUT2D eigenvalue weighted by Gasteiger charge is 2.23. The van der Waals surface area contributed by atoms with Gasteiger partial charge in [0.15, 0.2) is 0 Å². The fourth-order valence-electron chi connectivity index (χ4n) is 4.19. The van der Waals surface area contributed by atoms with Gasteiger partial charge in [-0.1, -0.05) is 61.0 Å². The van der Waals surface area contributed by atoms with Gasteiger partial charge in [-0.05, 0) is 53.4 Å². The molecular formula is C27H22ClN3O2S. The Morgan fingerprint density at radius 2 is 1.91 bits per heavy atom. The summed E-state index contributed by atoms with van der Waals surface area (Å²) < 4.78 is 1.44. The third-order valence-corrected chi connectivity index (χ3v) is 7.18. The van der Waals surface area contributed by atoms with Gasteiger partial charge in [0, 0.05) is 21.7 Å². The van der Waals surface area contributed by atoms with Crippen molar-refractivity contribution in [3.63, 3.8) is 0 Å². The Kier molecular flexibility index (Phi) is 5.94. The van der Waals surface area contributed by atoms with Gasteiger partial charge in [0.25, 0.3) is 5.56 Å². The number of halogens is 1. The van der Waals surface area contributed by atoms with E-state index < -0.39 is 6.04 Å². The summed E-state index contributed by atoms with van der Waals surface area (Å²) in [6.07, 6.45) is 1.91. The lowest BCUT2D eigenvalue weighted by Gasteiger charge is -2.18. The van der Waals surface area contributed by atoms with Crippen LogP contribution in [0.3, 0.4) is 0 Å². The number of aryl methyl sites for hydroxylation is 1. The number of rotatable bonds is 5. The second kappa shape index (κ2) is 9.05. The molecule has 1 N–H and O–H groups in total. The van der Waals surface area contributed by atoms with Crippen LogP contribution in [-0.4, -0.2) is 15.5 Å². The number of benzene rings is 3. The van der Waals surface area contributed by atoms with E-state index in [1.165, 1.54) is 22.2 Å². The molecule has 0 aliphatic carbocycles. The molecule has 0 bridgehead atoms. The highest BCUT2D eigenvalue weighted by Crippen LogP contribution is 2.33. The van der Waals surface area contributed by atoms with Crippen molar-refractivity contribution in [2.75, 3.05) is 5.32 Å². The normalized spacial score (nSPS) is 12.2. The Hall–Kier alpha value is -3.48. The topological polar surface area (TPSA) is 64.0 Å². The Bertz CT molecular complexity index is 1610. The molecule has 0 saturated carbocycles. The average molecular weight is 488 g/mol. The molecule has 1 amide bonds. The molecule has 0 radical (unpaired) electrons. The number of amides is 1. The predicted octanol–water partition coefficient (Wildman–Crippen LogP) is 6.83. The van der Waals surface area contributed by atoms with E-state index >= 15 is 0 Å². The van der Waals surface area contributed by atoms with Crippen LogP contribution in [-0.2, 0) is 4.79 Å². The van der Waals surface area contributed by atoms with Crippen molar-refractivity contribution in [3.8, 4) is 11.1 Å². The number of fused-ring (bicyclic) bond motifs is 2. The number of thiophene rings is 1. The van der Waals surface area contributed by atoms with E-state index in [0.717, 1.165) is 27.5 Å². The standard InChI is InChI=1S/C27H22ClN3O2S/c1-3-23(25(32)30-22-13-20(28)11-8-16(22)2)31-15-29-26-24(27(31)33)21(14-34-26)19-10-9-17-6-4-5-7-18(17)12-19/h4-15,23H,3H2,1-2H3,(H,30,32). The van der Waals surface area contributed by atoms with Crippen molar-refractivity contribution in [1.29, 1.82) is 0 Å². The van der Waals surface area contributed by atoms with Crippen molar-refractivity contribution in [1.82, 2.24) is 9.55 Å². The summed E-state index contributed by atoms with van der Waals surface area (Å²) in [5.74, 6) is -0.279. The summed E-state index contributed by atoms with van der Waals surface area (Å²) >= 11 is 7.54. The van der Waals surface area contributed by atoms with E-state index in [1.807, 2.05) is 43.5 Å². The van der Waals surface area contributed by atoms with Crippen molar-refractivity contribution in [2.45, 2.75) is 26.3 Å². The zero-order chi connectivity index (χ0) is 23.8. The first kappa shape index (κ1) is 22.3. The van der Waals surface area contributed by atoms with Crippen LogP contribution in [0.2, 0.25) is 5.02 Å². The molecule has 5 rings (SSSR count). The molecular weight excluding hydrogens is 466 g/mol. The van der Waals surface area contributed by atoms with Crippen LogP contribution >= 0.6 is 22.9 Å². The lowest BCUT2D eigenvalue weighted by atomic mass is 10.0. The van der Waals surface area contributed by atoms with Crippen LogP contribution in [0, 0.1) is 6.92 Å². The number of nitrogens with one attached hydrogen (secondary N) is 1. The average Bonchev–Trinajstić information content (AvgIpc) is 3.28. The van der Waals surface area contributed by atoms with E-state index in [9.17, 15) is 9.59 Å². The quantitative estimate of drug-likeness (QED) is 0.295. The molecule has 5 nitrogen and oxygen atoms in total. The van der Waals surface area contributed by atoms with Crippen LogP contribution in [0.1, 0.15) is 24.9 Å². The third-order valence-electron chi connectivity index (χ3n) is 6.06. The summed E-state index contributed by atoms with van der Waals surface area (Å²) in [4.78, 5) is 32.0. The molecule has 7 heteroatoms. The molecule has 34 heavy (non-hydrogen) atoms. The molecule has 5 aromatic rings. The molecule has 3 aromatic carbocycles. The van der Waals surface area contributed by atoms with E-state index in [1.54, 1.807) is 12.1 Å². The zero-order valence-electron chi connectivity index (χ0n) is 18.7. The number of aromatic nitrogens is 2. The van der Waals surface area contributed by atoms with Crippen LogP contribution in [0.5, 0.6) is 0 Å². The van der Waals surface area contributed by atoms with Crippen molar-refractivity contribution in [3.05, 3.63) is 93.3 Å². The van der Waals surface area contributed by atoms with Gasteiger partial charge in [-0.25, -0.2) is 4.98 Å². The molecule has 1 atom stereocenters. The van der Waals surface area contributed by atoms with Gasteiger partial charge in [0.2, 0.25) is 5.91 Å². The van der Waals surface area contributed by atoms with Crippen LogP contribution in [0.15, 0.2) is 77.2 Å². The molecule has 2 heterocycles. The number of hydrogen-bond acceptors (Lipinski definition) is 4. The molecule has 0 spiro atoms. The van der Waals surface area contributed by atoms with Gasteiger partial charge >= 0.3 is 0 Å². The van der Waals surface area contributed by atoms with Crippen molar-refractivity contribution < 1.29 is 4.79 Å². The first-order valence-electron chi connectivity index (χ1n) is 11.0. The van der Waals surface area contributed by atoms with E-state index in [2.05, 4.69) is 34.6 Å². The molecule has 1 unspecified atom stereocenters. The Morgan fingerprint density at radius 3 is 2.71 bits per heavy atom.